The number of carbonyl (C=O) groups is 1. The topological polar surface area (TPSA) is 68.0 Å². The van der Waals surface area contributed by atoms with Crippen molar-refractivity contribution in [3.05, 3.63) is 83.0 Å². The van der Waals surface area contributed by atoms with Gasteiger partial charge in [-0.05, 0) is 35.4 Å². The molecule has 0 radical (unpaired) electrons. The Balaban J connectivity index is 1.29. The fourth-order valence-electron chi connectivity index (χ4n) is 3.54. The van der Waals surface area contributed by atoms with Crippen molar-refractivity contribution in [2.24, 2.45) is 0 Å². The van der Waals surface area contributed by atoms with E-state index in [1.54, 1.807) is 0 Å². The Hall–Kier alpha value is -2.95. The molecular formula is C21H21N3O2. The molecule has 0 aliphatic heterocycles. The first-order valence-electron chi connectivity index (χ1n) is 8.98. The zero-order valence-electron chi connectivity index (χ0n) is 14.5. The van der Waals surface area contributed by atoms with E-state index in [0.717, 1.165) is 18.4 Å². The third-order valence-electron chi connectivity index (χ3n) is 4.84. The standard InChI is InChI=1S/C21H21N3O2/c25-20(13-17-11-10-16-8-4-5-9-18(16)17)22-14-21-23-19(24-26-21)12-15-6-2-1-3-7-15/h1-9,17H,10-14H2,(H,22,25). The van der Waals surface area contributed by atoms with Crippen molar-refractivity contribution < 1.29 is 9.32 Å². The highest BCUT2D eigenvalue weighted by atomic mass is 16.5. The van der Waals surface area contributed by atoms with Crippen LogP contribution in [0.25, 0.3) is 0 Å². The van der Waals surface area contributed by atoms with Gasteiger partial charge >= 0.3 is 0 Å². The molecule has 1 amide bonds. The lowest BCUT2D eigenvalue weighted by molar-refractivity contribution is -0.121. The number of fused-ring (bicyclic) bond motifs is 1. The maximum absolute atomic E-state index is 12.3. The zero-order chi connectivity index (χ0) is 17.8. The highest BCUT2D eigenvalue weighted by Gasteiger charge is 2.24. The Bertz CT molecular complexity index is 889. The van der Waals surface area contributed by atoms with E-state index in [9.17, 15) is 4.79 Å². The van der Waals surface area contributed by atoms with Crippen molar-refractivity contribution in [2.75, 3.05) is 0 Å². The minimum Gasteiger partial charge on any atom is -0.347 e. The molecule has 26 heavy (non-hydrogen) atoms. The second kappa shape index (κ2) is 7.52. The molecule has 5 nitrogen and oxygen atoms in total. The summed E-state index contributed by atoms with van der Waals surface area (Å²) in [5, 5.41) is 6.88. The number of aryl methyl sites for hydroxylation is 1. The van der Waals surface area contributed by atoms with Crippen molar-refractivity contribution in [1.82, 2.24) is 15.5 Å². The molecule has 132 valence electrons. The van der Waals surface area contributed by atoms with E-state index in [4.69, 9.17) is 4.52 Å². The molecule has 1 aliphatic carbocycles. The summed E-state index contributed by atoms with van der Waals surface area (Å²) in [4.78, 5) is 16.6. The molecule has 0 bridgehead atoms. The van der Waals surface area contributed by atoms with Crippen LogP contribution in [-0.4, -0.2) is 16.0 Å². The van der Waals surface area contributed by atoms with Crippen LogP contribution in [0.2, 0.25) is 0 Å². The van der Waals surface area contributed by atoms with E-state index >= 15 is 0 Å². The number of nitrogens with one attached hydrogen (secondary N) is 1. The number of benzene rings is 2. The van der Waals surface area contributed by atoms with E-state index < -0.39 is 0 Å². The average Bonchev–Trinajstić information content (AvgIpc) is 3.28. The van der Waals surface area contributed by atoms with Gasteiger partial charge in [0.15, 0.2) is 5.82 Å². The smallest absolute Gasteiger partial charge is 0.246 e. The van der Waals surface area contributed by atoms with Gasteiger partial charge in [-0.3, -0.25) is 4.79 Å². The normalized spacial score (nSPS) is 15.6. The first-order valence-corrected chi connectivity index (χ1v) is 8.98. The summed E-state index contributed by atoms with van der Waals surface area (Å²) in [6, 6.07) is 18.4. The summed E-state index contributed by atoms with van der Waals surface area (Å²) in [5.41, 5.74) is 3.81. The molecule has 4 rings (SSSR count). The third-order valence-corrected chi connectivity index (χ3v) is 4.84. The largest absolute Gasteiger partial charge is 0.347 e. The van der Waals surface area contributed by atoms with Gasteiger partial charge in [-0.2, -0.15) is 4.98 Å². The predicted molar refractivity (Wildman–Crippen MR) is 97.5 cm³/mol. The lowest BCUT2D eigenvalue weighted by Crippen LogP contribution is -2.24. The Labute approximate surface area is 152 Å². The second-order valence-corrected chi connectivity index (χ2v) is 6.68. The van der Waals surface area contributed by atoms with Crippen molar-refractivity contribution in [3.63, 3.8) is 0 Å². The van der Waals surface area contributed by atoms with Gasteiger partial charge in [0, 0.05) is 12.8 Å². The average molecular weight is 347 g/mol. The molecule has 0 saturated heterocycles. The summed E-state index contributed by atoms with van der Waals surface area (Å²) in [6.07, 6.45) is 3.22. The lowest BCUT2D eigenvalue weighted by atomic mass is 9.97. The van der Waals surface area contributed by atoms with Crippen LogP contribution in [0.3, 0.4) is 0 Å². The Morgan fingerprint density at radius 3 is 2.81 bits per heavy atom. The lowest BCUT2D eigenvalue weighted by Gasteiger charge is -2.10. The summed E-state index contributed by atoms with van der Waals surface area (Å²) >= 11 is 0. The van der Waals surface area contributed by atoms with E-state index in [1.807, 2.05) is 36.4 Å². The van der Waals surface area contributed by atoms with Crippen LogP contribution >= 0.6 is 0 Å². The van der Waals surface area contributed by atoms with Crippen molar-refractivity contribution >= 4 is 5.91 Å². The SMILES string of the molecule is O=C(CC1CCc2ccccc21)NCc1nc(Cc2ccccc2)no1. The van der Waals surface area contributed by atoms with E-state index in [0.29, 0.717) is 30.5 Å². The van der Waals surface area contributed by atoms with Gasteiger partial charge in [-0.25, -0.2) is 0 Å². The molecule has 0 spiro atoms. The number of rotatable bonds is 6. The number of hydrogen-bond acceptors (Lipinski definition) is 4. The van der Waals surface area contributed by atoms with Gasteiger partial charge in [-0.15, -0.1) is 0 Å². The van der Waals surface area contributed by atoms with E-state index in [-0.39, 0.29) is 12.5 Å². The zero-order valence-corrected chi connectivity index (χ0v) is 14.5. The minimum atomic E-state index is 0.0227. The predicted octanol–water partition coefficient (Wildman–Crippen LogP) is 3.40. The number of hydrogen-bond donors (Lipinski definition) is 1. The Morgan fingerprint density at radius 1 is 1.12 bits per heavy atom. The molecule has 0 fully saturated rings. The van der Waals surface area contributed by atoms with E-state index in [2.05, 4.69) is 33.7 Å². The summed E-state index contributed by atoms with van der Waals surface area (Å²) in [6.45, 7) is 0.273. The van der Waals surface area contributed by atoms with Crippen molar-refractivity contribution in [2.45, 2.75) is 38.1 Å². The fraction of sp³-hybridized carbons (Fsp3) is 0.286. The second-order valence-electron chi connectivity index (χ2n) is 6.68. The maximum atomic E-state index is 12.3. The summed E-state index contributed by atoms with van der Waals surface area (Å²) in [5.74, 6) is 1.40. The molecule has 1 aliphatic rings. The minimum absolute atomic E-state index is 0.0227. The molecule has 2 aromatic carbocycles. The Morgan fingerprint density at radius 2 is 1.92 bits per heavy atom. The molecule has 1 N–H and O–H groups in total. The van der Waals surface area contributed by atoms with Crippen molar-refractivity contribution in [1.29, 1.82) is 0 Å². The van der Waals surface area contributed by atoms with Crippen LogP contribution in [-0.2, 0) is 24.2 Å². The molecule has 5 heteroatoms. The first-order chi connectivity index (χ1) is 12.8. The number of nitrogens with zero attached hydrogens (tertiary/aromatic N) is 2. The highest BCUT2D eigenvalue weighted by Crippen LogP contribution is 2.35. The van der Waals surface area contributed by atoms with Crippen LogP contribution in [0.4, 0.5) is 0 Å². The maximum Gasteiger partial charge on any atom is 0.246 e. The van der Waals surface area contributed by atoms with Crippen LogP contribution in [0.15, 0.2) is 59.1 Å². The van der Waals surface area contributed by atoms with Crippen LogP contribution in [0.1, 0.15) is 47.2 Å². The molecule has 1 aromatic heterocycles. The van der Waals surface area contributed by atoms with Crippen LogP contribution < -0.4 is 5.32 Å². The fourth-order valence-corrected chi connectivity index (χ4v) is 3.54. The van der Waals surface area contributed by atoms with E-state index in [1.165, 1.54) is 11.1 Å². The summed E-state index contributed by atoms with van der Waals surface area (Å²) in [7, 11) is 0. The molecule has 1 unspecified atom stereocenters. The molecule has 0 saturated carbocycles. The quantitative estimate of drug-likeness (QED) is 0.742. The highest BCUT2D eigenvalue weighted by molar-refractivity contribution is 5.77. The van der Waals surface area contributed by atoms with Crippen LogP contribution in [0.5, 0.6) is 0 Å². The van der Waals surface area contributed by atoms with Gasteiger partial charge in [0.1, 0.15) is 0 Å². The Kier molecular flexibility index (Phi) is 4.78. The monoisotopic (exact) mass is 347 g/mol. The van der Waals surface area contributed by atoms with Gasteiger partial charge in [0.2, 0.25) is 11.8 Å². The molecular weight excluding hydrogens is 326 g/mol. The third kappa shape index (κ3) is 3.82. The molecule has 1 atom stereocenters. The summed E-state index contributed by atoms with van der Waals surface area (Å²) < 4.78 is 5.24. The molecule has 3 aromatic rings. The van der Waals surface area contributed by atoms with Gasteiger partial charge in [-0.1, -0.05) is 59.8 Å². The number of carbonyl (C=O) groups excluding carboxylic acids is 1. The van der Waals surface area contributed by atoms with Gasteiger partial charge < -0.3 is 9.84 Å². The van der Waals surface area contributed by atoms with Crippen molar-refractivity contribution in [3.8, 4) is 0 Å². The van der Waals surface area contributed by atoms with Gasteiger partial charge in [0.25, 0.3) is 0 Å². The first kappa shape index (κ1) is 16.5. The van der Waals surface area contributed by atoms with Gasteiger partial charge in [0.05, 0.1) is 6.54 Å². The number of amides is 1. The van der Waals surface area contributed by atoms with Crippen LogP contribution in [0, 0.1) is 0 Å². The number of aromatic nitrogens is 2. The molecule has 1 heterocycles.